The number of carbonyl (C=O) groups is 1. The lowest BCUT2D eigenvalue weighted by Crippen LogP contribution is -2.52. The Labute approximate surface area is 83.9 Å². The summed E-state index contributed by atoms with van der Waals surface area (Å²) in [6.07, 6.45) is 1.16. The van der Waals surface area contributed by atoms with Crippen molar-refractivity contribution in [1.29, 1.82) is 0 Å². The Morgan fingerprint density at radius 3 is 2.14 bits per heavy atom. The predicted octanol–water partition coefficient (Wildman–Crippen LogP) is 0.693. The Morgan fingerprint density at radius 2 is 1.93 bits per heavy atom. The van der Waals surface area contributed by atoms with Crippen LogP contribution in [-0.4, -0.2) is 23.7 Å². The number of hydrogen-bond acceptors (Lipinski definition) is 3. The van der Waals surface area contributed by atoms with Gasteiger partial charge in [0.05, 0.1) is 0 Å². The highest BCUT2D eigenvalue weighted by atomic mass is 32.2. The zero-order chi connectivity index (χ0) is 11.4. The van der Waals surface area contributed by atoms with Crippen molar-refractivity contribution in [2.75, 3.05) is 0 Å². The average molecular weight is 221 g/mol. The quantitative estimate of drug-likeness (QED) is 0.528. The SMILES string of the molecule is C=CC(=O)NC(CC)(CC)S(=O)(=O)O. The maximum atomic E-state index is 11.1. The molecule has 0 aliphatic carbocycles. The lowest BCUT2D eigenvalue weighted by Gasteiger charge is -2.28. The molecule has 0 saturated heterocycles. The fourth-order valence-electron chi connectivity index (χ4n) is 1.13. The van der Waals surface area contributed by atoms with E-state index in [1.165, 1.54) is 0 Å². The number of nitrogens with one attached hydrogen (secondary N) is 1. The van der Waals surface area contributed by atoms with Crippen LogP contribution in [0.25, 0.3) is 0 Å². The largest absolute Gasteiger partial charge is 0.332 e. The lowest BCUT2D eigenvalue weighted by atomic mass is 10.1. The monoisotopic (exact) mass is 221 g/mol. The Morgan fingerprint density at radius 1 is 1.50 bits per heavy atom. The van der Waals surface area contributed by atoms with Gasteiger partial charge < -0.3 is 5.32 Å². The molecule has 0 heterocycles. The van der Waals surface area contributed by atoms with E-state index in [1.54, 1.807) is 13.8 Å². The maximum absolute atomic E-state index is 11.1. The van der Waals surface area contributed by atoms with Gasteiger partial charge in [0.2, 0.25) is 5.91 Å². The van der Waals surface area contributed by atoms with Gasteiger partial charge in [-0.05, 0) is 18.9 Å². The summed E-state index contributed by atoms with van der Waals surface area (Å²) in [7, 11) is -4.31. The highest BCUT2D eigenvalue weighted by Gasteiger charge is 2.40. The van der Waals surface area contributed by atoms with Crippen molar-refractivity contribution in [2.24, 2.45) is 0 Å². The summed E-state index contributed by atoms with van der Waals surface area (Å²) in [6.45, 7) is 6.35. The van der Waals surface area contributed by atoms with E-state index in [2.05, 4.69) is 11.9 Å². The molecule has 1 amide bonds. The second-order valence-corrected chi connectivity index (χ2v) is 4.60. The molecule has 0 radical (unpaired) electrons. The molecule has 6 heteroatoms. The Balaban J connectivity index is 5.10. The highest BCUT2D eigenvalue weighted by Crippen LogP contribution is 2.21. The third-order valence-corrected chi connectivity index (χ3v) is 3.84. The van der Waals surface area contributed by atoms with Crippen molar-refractivity contribution in [1.82, 2.24) is 5.32 Å². The lowest BCUT2D eigenvalue weighted by molar-refractivity contribution is -0.117. The molecule has 2 N–H and O–H groups in total. The Bertz CT molecular complexity index is 316. The molecule has 0 aromatic heterocycles. The summed E-state index contributed by atoms with van der Waals surface area (Å²) in [6, 6.07) is 0. The summed E-state index contributed by atoms with van der Waals surface area (Å²) in [4.78, 5) is 9.39. The van der Waals surface area contributed by atoms with Crippen molar-refractivity contribution in [3.8, 4) is 0 Å². The van der Waals surface area contributed by atoms with Gasteiger partial charge in [0, 0.05) is 0 Å². The standard InChI is InChI=1S/C8H15NO4S/c1-4-7(10)9-8(5-2,6-3)14(11,12)13/h4H,1,5-6H2,2-3H3,(H,9,10)(H,11,12,13). The highest BCUT2D eigenvalue weighted by molar-refractivity contribution is 7.87. The minimum Gasteiger partial charge on any atom is -0.332 e. The summed E-state index contributed by atoms with van der Waals surface area (Å²) >= 11 is 0. The van der Waals surface area contributed by atoms with E-state index >= 15 is 0 Å². The first-order valence-electron chi connectivity index (χ1n) is 4.24. The molecule has 0 atom stereocenters. The third-order valence-electron chi connectivity index (χ3n) is 2.17. The van der Waals surface area contributed by atoms with Gasteiger partial charge in [-0.2, -0.15) is 8.42 Å². The van der Waals surface area contributed by atoms with Gasteiger partial charge in [0.1, 0.15) is 0 Å². The zero-order valence-electron chi connectivity index (χ0n) is 8.28. The van der Waals surface area contributed by atoms with E-state index in [-0.39, 0.29) is 12.8 Å². The molecule has 0 spiro atoms. The summed E-state index contributed by atoms with van der Waals surface area (Å²) in [5.41, 5.74) is 0. The minimum atomic E-state index is -4.31. The predicted molar refractivity (Wildman–Crippen MR) is 53.2 cm³/mol. The number of hydrogen-bond donors (Lipinski definition) is 2. The molecule has 0 aromatic carbocycles. The fraction of sp³-hybridized carbons (Fsp3) is 0.625. The first-order chi connectivity index (χ1) is 6.33. The zero-order valence-corrected chi connectivity index (χ0v) is 9.10. The third kappa shape index (κ3) is 2.55. The molecule has 0 aliphatic rings. The molecule has 0 fully saturated rings. The molecule has 0 aliphatic heterocycles. The molecule has 0 saturated carbocycles. The van der Waals surface area contributed by atoms with Crippen LogP contribution in [0.3, 0.4) is 0 Å². The van der Waals surface area contributed by atoms with Crippen LogP contribution >= 0.6 is 0 Å². The number of carbonyl (C=O) groups excluding carboxylic acids is 1. The van der Waals surface area contributed by atoms with Crippen molar-refractivity contribution in [2.45, 2.75) is 31.6 Å². The number of amides is 1. The molecule has 0 bridgehead atoms. The first-order valence-corrected chi connectivity index (χ1v) is 5.68. The van der Waals surface area contributed by atoms with Crippen LogP contribution in [0, 0.1) is 0 Å². The molecule has 0 unspecified atom stereocenters. The van der Waals surface area contributed by atoms with Crippen LogP contribution in [0.5, 0.6) is 0 Å². The van der Waals surface area contributed by atoms with Crippen LogP contribution in [0.1, 0.15) is 26.7 Å². The topological polar surface area (TPSA) is 83.5 Å². The number of rotatable bonds is 5. The van der Waals surface area contributed by atoms with Gasteiger partial charge in [0.15, 0.2) is 4.87 Å². The van der Waals surface area contributed by atoms with Crippen LogP contribution in [0.4, 0.5) is 0 Å². The minimum absolute atomic E-state index is 0.0991. The molecule has 82 valence electrons. The smallest absolute Gasteiger partial charge is 0.289 e. The Kier molecular flexibility index (Phi) is 4.28. The van der Waals surface area contributed by atoms with Gasteiger partial charge in [-0.25, -0.2) is 0 Å². The first kappa shape index (κ1) is 13.1. The second-order valence-electron chi connectivity index (χ2n) is 2.87. The molecule has 0 aromatic rings. The summed E-state index contributed by atoms with van der Waals surface area (Å²) < 4.78 is 31.1. The normalized spacial score (nSPS) is 12.2. The summed E-state index contributed by atoms with van der Waals surface area (Å²) in [5, 5.41) is 2.22. The van der Waals surface area contributed by atoms with Crippen LogP contribution in [0.15, 0.2) is 12.7 Å². The van der Waals surface area contributed by atoms with Gasteiger partial charge in [0.25, 0.3) is 10.1 Å². The van der Waals surface area contributed by atoms with E-state index in [0.717, 1.165) is 6.08 Å². The molecule has 5 nitrogen and oxygen atoms in total. The van der Waals surface area contributed by atoms with Crippen molar-refractivity contribution in [3.63, 3.8) is 0 Å². The van der Waals surface area contributed by atoms with E-state index < -0.39 is 20.9 Å². The van der Waals surface area contributed by atoms with Crippen molar-refractivity contribution >= 4 is 16.0 Å². The fourth-order valence-corrected chi connectivity index (χ4v) is 2.09. The maximum Gasteiger partial charge on any atom is 0.289 e. The van der Waals surface area contributed by atoms with E-state index in [1.807, 2.05) is 0 Å². The van der Waals surface area contributed by atoms with E-state index in [9.17, 15) is 13.2 Å². The van der Waals surface area contributed by atoms with Gasteiger partial charge >= 0.3 is 0 Å². The molecule has 14 heavy (non-hydrogen) atoms. The van der Waals surface area contributed by atoms with Crippen molar-refractivity contribution < 1.29 is 17.8 Å². The van der Waals surface area contributed by atoms with Gasteiger partial charge in [-0.15, -0.1) is 0 Å². The van der Waals surface area contributed by atoms with Crippen LogP contribution in [-0.2, 0) is 14.9 Å². The average Bonchev–Trinajstić information content (AvgIpc) is 2.11. The second kappa shape index (κ2) is 4.56. The molecular formula is C8H15NO4S. The Hall–Kier alpha value is -0.880. The summed E-state index contributed by atoms with van der Waals surface area (Å²) in [5.74, 6) is -0.619. The van der Waals surface area contributed by atoms with Crippen LogP contribution in [0.2, 0.25) is 0 Å². The molecule has 0 rings (SSSR count). The van der Waals surface area contributed by atoms with Gasteiger partial charge in [-0.3, -0.25) is 9.35 Å². The van der Waals surface area contributed by atoms with Crippen molar-refractivity contribution in [3.05, 3.63) is 12.7 Å². The van der Waals surface area contributed by atoms with Gasteiger partial charge in [-0.1, -0.05) is 20.4 Å². The van der Waals surface area contributed by atoms with E-state index in [0.29, 0.717) is 0 Å². The van der Waals surface area contributed by atoms with E-state index in [4.69, 9.17) is 4.55 Å². The van der Waals surface area contributed by atoms with Crippen LogP contribution < -0.4 is 5.32 Å². The molecular weight excluding hydrogens is 206 g/mol.